The Morgan fingerprint density at radius 1 is 0.344 bits per heavy atom. The Kier molecular flexibility index (Phi) is 46.0. The molecule has 0 aliphatic carbocycles. The molecule has 0 aromatic heterocycles. The molecule has 346 valence electrons. The Morgan fingerprint density at radius 2 is 0.672 bits per heavy atom. The van der Waals surface area contributed by atoms with E-state index < -0.39 is 6.10 Å². The van der Waals surface area contributed by atoms with Crippen LogP contribution in [0.1, 0.15) is 213 Å². The molecule has 0 heterocycles. The summed E-state index contributed by atoms with van der Waals surface area (Å²) in [6.07, 6.45) is 63.9. The van der Waals surface area contributed by atoms with Crippen molar-refractivity contribution < 1.29 is 28.6 Å². The fraction of sp³-hybridized carbons (Fsp3) is 0.655. The van der Waals surface area contributed by atoms with Crippen molar-refractivity contribution in [1.82, 2.24) is 0 Å². The number of esters is 3. The normalized spacial score (nSPS) is 12.9. The molecule has 0 spiro atoms. The van der Waals surface area contributed by atoms with Crippen LogP contribution in [-0.4, -0.2) is 37.2 Å². The summed E-state index contributed by atoms with van der Waals surface area (Å²) in [6, 6.07) is 0. The molecule has 6 heteroatoms. The van der Waals surface area contributed by atoms with Gasteiger partial charge in [-0.05, 0) is 109 Å². The van der Waals surface area contributed by atoms with E-state index in [1.54, 1.807) is 0 Å². The molecule has 0 rings (SSSR count). The van der Waals surface area contributed by atoms with E-state index in [-0.39, 0.29) is 37.5 Å². The molecule has 0 aromatic carbocycles. The van der Waals surface area contributed by atoms with Crippen molar-refractivity contribution in [2.75, 3.05) is 13.2 Å². The molecule has 0 bridgehead atoms. The first kappa shape index (κ1) is 57.3. The summed E-state index contributed by atoms with van der Waals surface area (Å²) in [6.45, 7) is 6.37. The first-order chi connectivity index (χ1) is 30.0. The van der Waals surface area contributed by atoms with Gasteiger partial charge in [0.15, 0.2) is 6.10 Å². The van der Waals surface area contributed by atoms with Crippen molar-refractivity contribution in [2.24, 2.45) is 0 Å². The lowest BCUT2D eigenvalue weighted by Gasteiger charge is -2.18. The summed E-state index contributed by atoms with van der Waals surface area (Å²) in [5, 5.41) is 0. The van der Waals surface area contributed by atoms with Crippen LogP contribution in [0.3, 0.4) is 0 Å². The number of ether oxygens (including phenoxy) is 3. The summed E-state index contributed by atoms with van der Waals surface area (Å²) in [5.74, 6) is -0.999. The fourth-order valence-corrected chi connectivity index (χ4v) is 6.31. The van der Waals surface area contributed by atoms with Gasteiger partial charge in [0, 0.05) is 19.3 Å². The summed E-state index contributed by atoms with van der Waals surface area (Å²) in [5.41, 5.74) is 0. The summed E-state index contributed by atoms with van der Waals surface area (Å²) in [4.78, 5) is 37.9. The number of carbonyl (C=O) groups excluding carboxylic acids is 3. The van der Waals surface area contributed by atoms with Crippen LogP contribution in [0.5, 0.6) is 0 Å². The molecule has 0 aromatic rings. The molecular weight excluding hydrogens is 757 g/mol. The third-order valence-electron chi connectivity index (χ3n) is 10.0. The van der Waals surface area contributed by atoms with E-state index in [9.17, 15) is 14.4 Å². The number of rotatable bonds is 43. The van der Waals surface area contributed by atoms with E-state index in [0.29, 0.717) is 19.3 Å². The topological polar surface area (TPSA) is 78.9 Å². The van der Waals surface area contributed by atoms with Crippen molar-refractivity contribution in [3.8, 4) is 0 Å². The number of allylic oxidation sites excluding steroid dienone is 16. The number of hydrogen-bond acceptors (Lipinski definition) is 6. The highest BCUT2D eigenvalue weighted by atomic mass is 16.6. The zero-order valence-electron chi connectivity index (χ0n) is 39.4. The molecule has 6 nitrogen and oxygen atoms in total. The Bertz CT molecular complexity index is 1250. The summed E-state index contributed by atoms with van der Waals surface area (Å²) in [7, 11) is 0. The second kappa shape index (κ2) is 49.0. The largest absolute Gasteiger partial charge is 0.462 e. The van der Waals surface area contributed by atoms with Crippen LogP contribution in [0.25, 0.3) is 0 Å². The van der Waals surface area contributed by atoms with Crippen LogP contribution in [0.2, 0.25) is 0 Å². The SMILES string of the molecule is CC/C=C\C/C=C\C/C=C\CCCCCCCC(=O)O[C@@H](COC(=O)CCC/C=C\C/C=C\C/C=C\C/C=C\CCCCC)COC(=O)CCCCCCC/C=C\CCCC. The van der Waals surface area contributed by atoms with Crippen LogP contribution >= 0.6 is 0 Å². The summed E-state index contributed by atoms with van der Waals surface area (Å²) >= 11 is 0. The Hall–Kier alpha value is -3.67. The van der Waals surface area contributed by atoms with Crippen molar-refractivity contribution in [3.05, 3.63) is 97.2 Å². The lowest BCUT2D eigenvalue weighted by Crippen LogP contribution is -2.30. The maximum Gasteiger partial charge on any atom is 0.306 e. The average molecular weight is 847 g/mol. The van der Waals surface area contributed by atoms with E-state index in [0.717, 1.165) is 116 Å². The van der Waals surface area contributed by atoms with Crippen LogP contribution in [0, 0.1) is 0 Å². The van der Waals surface area contributed by atoms with Gasteiger partial charge < -0.3 is 14.2 Å². The lowest BCUT2D eigenvalue weighted by molar-refractivity contribution is -0.167. The van der Waals surface area contributed by atoms with E-state index in [4.69, 9.17) is 14.2 Å². The van der Waals surface area contributed by atoms with Gasteiger partial charge in [0.25, 0.3) is 0 Å². The predicted octanol–water partition coefficient (Wildman–Crippen LogP) is 16.2. The molecule has 0 amide bonds. The molecule has 0 aliphatic rings. The second-order valence-electron chi connectivity index (χ2n) is 16.0. The average Bonchev–Trinajstić information content (AvgIpc) is 3.26. The van der Waals surface area contributed by atoms with Crippen LogP contribution in [0.15, 0.2) is 97.2 Å². The number of hydrogen-bond donors (Lipinski definition) is 0. The Labute approximate surface area is 375 Å². The van der Waals surface area contributed by atoms with Crippen LogP contribution in [-0.2, 0) is 28.6 Å². The van der Waals surface area contributed by atoms with Gasteiger partial charge in [-0.2, -0.15) is 0 Å². The molecule has 0 radical (unpaired) electrons. The van der Waals surface area contributed by atoms with Gasteiger partial charge in [0.1, 0.15) is 13.2 Å². The Morgan fingerprint density at radius 3 is 1.13 bits per heavy atom. The summed E-state index contributed by atoms with van der Waals surface area (Å²) < 4.78 is 16.7. The van der Waals surface area contributed by atoms with E-state index in [1.165, 1.54) is 51.4 Å². The zero-order chi connectivity index (χ0) is 44.4. The molecule has 0 fully saturated rings. The van der Waals surface area contributed by atoms with Crippen LogP contribution < -0.4 is 0 Å². The first-order valence-electron chi connectivity index (χ1n) is 24.7. The van der Waals surface area contributed by atoms with Gasteiger partial charge in [-0.15, -0.1) is 0 Å². The van der Waals surface area contributed by atoms with Gasteiger partial charge in [-0.1, -0.05) is 182 Å². The lowest BCUT2D eigenvalue weighted by atomic mass is 10.1. The third kappa shape index (κ3) is 47.2. The standard InChI is InChI=1S/C55H90O6/c1-4-7-10-13-16-19-22-24-26-27-29-30-33-36-39-42-45-48-54(57)60-51-52(50-59-53(56)47-44-41-38-35-32-21-18-15-12-9-6-3)61-55(58)49-46-43-40-37-34-31-28-25-23-20-17-14-11-8-5-2/h8,11,15-20,24-26,28-30,36,39,52H,4-7,9-10,12-14,21-23,27,31-35,37-38,40-51H2,1-3H3/b11-8-,18-15-,19-16-,20-17-,26-24-,28-25-,30-29-,39-36-/t52-/m1/s1. The van der Waals surface area contributed by atoms with E-state index >= 15 is 0 Å². The highest BCUT2D eigenvalue weighted by molar-refractivity contribution is 5.71. The van der Waals surface area contributed by atoms with Gasteiger partial charge in [0.05, 0.1) is 0 Å². The van der Waals surface area contributed by atoms with Crippen molar-refractivity contribution in [3.63, 3.8) is 0 Å². The first-order valence-corrected chi connectivity index (χ1v) is 24.7. The quantitative estimate of drug-likeness (QED) is 0.0263. The second-order valence-corrected chi connectivity index (χ2v) is 16.0. The monoisotopic (exact) mass is 847 g/mol. The maximum atomic E-state index is 12.8. The minimum Gasteiger partial charge on any atom is -0.462 e. The molecule has 0 saturated heterocycles. The maximum absolute atomic E-state index is 12.8. The highest BCUT2D eigenvalue weighted by Crippen LogP contribution is 2.12. The molecule has 61 heavy (non-hydrogen) atoms. The van der Waals surface area contributed by atoms with E-state index in [1.807, 2.05) is 0 Å². The fourth-order valence-electron chi connectivity index (χ4n) is 6.31. The highest BCUT2D eigenvalue weighted by Gasteiger charge is 2.19. The minimum atomic E-state index is -0.811. The number of unbranched alkanes of at least 4 members (excludes halogenated alkanes) is 16. The number of carbonyl (C=O) groups is 3. The van der Waals surface area contributed by atoms with Crippen molar-refractivity contribution in [2.45, 2.75) is 219 Å². The molecule has 0 aliphatic heterocycles. The minimum absolute atomic E-state index is 0.107. The Balaban J connectivity index is 4.52. The smallest absolute Gasteiger partial charge is 0.306 e. The molecule has 1 atom stereocenters. The molecule has 0 unspecified atom stereocenters. The van der Waals surface area contributed by atoms with Crippen LogP contribution in [0.4, 0.5) is 0 Å². The molecule has 0 saturated carbocycles. The van der Waals surface area contributed by atoms with E-state index in [2.05, 4.69) is 118 Å². The molecular formula is C55H90O6. The molecule has 0 N–H and O–H groups in total. The van der Waals surface area contributed by atoms with Crippen molar-refractivity contribution in [1.29, 1.82) is 0 Å². The zero-order valence-corrected chi connectivity index (χ0v) is 39.4. The van der Waals surface area contributed by atoms with Gasteiger partial charge in [0.2, 0.25) is 0 Å². The van der Waals surface area contributed by atoms with Gasteiger partial charge in [-0.25, -0.2) is 0 Å². The van der Waals surface area contributed by atoms with Crippen molar-refractivity contribution >= 4 is 17.9 Å². The predicted molar refractivity (Wildman–Crippen MR) is 260 cm³/mol. The van der Waals surface area contributed by atoms with Gasteiger partial charge in [-0.3, -0.25) is 14.4 Å². The third-order valence-corrected chi connectivity index (χ3v) is 10.0. The van der Waals surface area contributed by atoms with Gasteiger partial charge >= 0.3 is 17.9 Å².